The number of aliphatic hydroxyl groups excluding tert-OH is 2. The molecule has 2 aromatic rings. The van der Waals surface area contributed by atoms with E-state index in [1.165, 1.54) is 0 Å². The van der Waals surface area contributed by atoms with Crippen molar-refractivity contribution in [2.24, 2.45) is 11.8 Å². The molecule has 1 aromatic carbocycles. The van der Waals surface area contributed by atoms with Gasteiger partial charge in [0.1, 0.15) is 0 Å². The van der Waals surface area contributed by atoms with Crippen LogP contribution in [0.15, 0.2) is 30.3 Å². The fraction of sp³-hybridized carbons (Fsp3) is 0.500. The highest BCUT2D eigenvalue weighted by atomic mass is 16.3. The lowest BCUT2D eigenvalue weighted by Gasteiger charge is -2.31. The molecule has 4 rings (SSSR count). The summed E-state index contributed by atoms with van der Waals surface area (Å²) >= 11 is 0. The minimum Gasteiger partial charge on any atom is -0.390 e. The Kier molecular flexibility index (Phi) is 4.32. The number of amides is 1. The SMILES string of the molecule is Cc1cc(C)n(-c2ccc(C(=O)N3C[C@H]4C[C@H](O)[C@H](O)C[C@H]4C3)cc2)n1. The molecule has 26 heavy (non-hydrogen) atoms. The van der Waals surface area contributed by atoms with Gasteiger partial charge in [0.25, 0.3) is 5.91 Å². The zero-order valence-corrected chi connectivity index (χ0v) is 15.2. The third kappa shape index (κ3) is 3.04. The van der Waals surface area contributed by atoms with Crippen molar-refractivity contribution in [2.45, 2.75) is 38.9 Å². The van der Waals surface area contributed by atoms with Crippen LogP contribution in [0.3, 0.4) is 0 Å². The predicted molar refractivity (Wildman–Crippen MR) is 97.2 cm³/mol. The summed E-state index contributed by atoms with van der Waals surface area (Å²) in [5.41, 5.74) is 3.62. The number of fused-ring (bicyclic) bond motifs is 1. The molecular weight excluding hydrogens is 330 g/mol. The molecule has 0 bridgehead atoms. The first kappa shape index (κ1) is 17.2. The molecule has 1 aromatic heterocycles. The third-order valence-electron chi connectivity index (χ3n) is 5.76. The Morgan fingerprint density at radius 3 is 2.12 bits per heavy atom. The van der Waals surface area contributed by atoms with Crippen molar-refractivity contribution in [1.82, 2.24) is 14.7 Å². The first-order chi connectivity index (χ1) is 12.4. The van der Waals surface area contributed by atoms with Crippen LogP contribution in [0.1, 0.15) is 34.6 Å². The van der Waals surface area contributed by atoms with Gasteiger partial charge in [-0.05, 0) is 68.9 Å². The van der Waals surface area contributed by atoms with Gasteiger partial charge in [-0.3, -0.25) is 4.79 Å². The summed E-state index contributed by atoms with van der Waals surface area (Å²) in [6.45, 7) is 5.29. The van der Waals surface area contributed by atoms with Crippen molar-refractivity contribution in [3.05, 3.63) is 47.3 Å². The molecule has 2 fully saturated rings. The van der Waals surface area contributed by atoms with E-state index in [9.17, 15) is 15.0 Å². The average Bonchev–Trinajstić information content (AvgIpc) is 3.17. The molecule has 0 spiro atoms. The van der Waals surface area contributed by atoms with E-state index < -0.39 is 12.2 Å². The smallest absolute Gasteiger partial charge is 0.253 e. The van der Waals surface area contributed by atoms with E-state index in [4.69, 9.17) is 0 Å². The molecule has 2 aliphatic rings. The highest BCUT2D eigenvalue weighted by molar-refractivity contribution is 5.94. The molecule has 1 saturated heterocycles. The number of aryl methyl sites for hydroxylation is 2. The van der Waals surface area contributed by atoms with Gasteiger partial charge in [0.2, 0.25) is 0 Å². The highest BCUT2D eigenvalue weighted by Crippen LogP contribution is 2.37. The van der Waals surface area contributed by atoms with Crippen LogP contribution < -0.4 is 0 Å². The number of benzene rings is 1. The molecule has 1 aliphatic heterocycles. The average molecular weight is 355 g/mol. The molecular formula is C20H25N3O3. The van der Waals surface area contributed by atoms with Gasteiger partial charge in [0.15, 0.2) is 0 Å². The lowest BCUT2D eigenvalue weighted by Crippen LogP contribution is -2.38. The number of likely N-dealkylation sites (tertiary alicyclic amines) is 1. The normalized spacial score (nSPS) is 28.2. The molecule has 1 saturated carbocycles. The van der Waals surface area contributed by atoms with Crippen LogP contribution in [0.5, 0.6) is 0 Å². The molecule has 6 nitrogen and oxygen atoms in total. The summed E-state index contributed by atoms with van der Waals surface area (Å²) in [6.07, 6.45) is -0.170. The molecule has 1 amide bonds. The first-order valence-electron chi connectivity index (χ1n) is 9.21. The second kappa shape index (κ2) is 6.52. The molecule has 0 radical (unpaired) electrons. The van der Waals surface area contributed by atoms with Crippen molar-refractivity contribution in [3.8, 4) is 5.69 Å². The monoisotopic (exact) mass is 355 g/mol. The van der Waals surface area contributed by atoms with Gasteiger partial charge in [-0.2, -0.15) is 5.10 Å². The Bertz CT molecular complexity index is 796. The van der Waals surface area contributed by atoms with Gasteiger partial charge in [-0.25, -0.2) is 4.68 Å². The van der Waals surface area contributed by atoms with E-state index >= 15 is 0 Å². The van der Waals surface area contributed by atoms with Crippen LogP contribution in [0.4, 0.5) is 0 Å². The number of rotatable bonds is 2. The van der Waals surface area contributed by atoms with Crippen molar-refractivity contribution >= 4 is 5.91 Å². The van der Waals surface area contributed by atoms with Crippen molar-refractivity contribution in [2.75, 3.05) is 13.1 Å². The van der Waals surface area contributed by atoms with Gasteiger partial charge < -0.3 is 15.1 Å². The Labute approximate surface area is 153 Å². The minimum atomic E-state index is -0.661. The number of carbonyl (C=O) groups excluding carboxylic acids is 1. The van der Waals surface area contributed by atoms with E-state index in [1.54, 1.807) is 0 Å². The fourth-order valence-electron chi connectivity index (χ4n) is 4.39. The van der Waals surface area contributed by atoms with Gasteiger partial charge in [-0.15, -0.1) is 0 Å². The van der Waals surface area contributed by atoms with E-state index in [2.05, 4.69) is 5.10 Å². The maximum Gasteiger partial charge on any atom is 0.253 e. The maximum atomic E-state index is 12.9. The van der Waals surface area contributed by atoms with Crippen LogP contribution >= 0.6 is 0 Å². The van der Waals surface area contributed by atoms with Gasteiger partial charge in [-0.1, -0.05) is 0 Å². The molecule has 2 heterocycles. The Hall–Kier alpha value is -2.18. The molecule has 6 heteroatoms. The molecule has 0 unspecified atom stereocenters. The topological polar surface area (TPSA) is 78.6 Å². The fourth-order valence-corrected chi connectivity index (χ4v) is 4.39. The van der Waals surface area contributed by atoms with Crippen molar-refractivity contribution < 1.29 is 15.0 Å². The number of nitrogens with zero attached hydrogens (tertiary/aromatic N) is 3. The summed E-state index contributed by atoms with van der Waals surface area (Å²) in [4.78, 5) is 14.7. The zero-order chi connectivity index (χ0) is 18.4. The summed E-state index contributed by atoms with van der Waals surface area (Å²) in [6, 6.07) is 9.56. The molecule has 138 valence electrons. The largest absolute Gasteiger partial charge is 0.390 e. The lowest BCUT2D eigenvalue weighted by atomic mass is 9.79. The van der Waals surface area contributed by atoms with Gasteiger partial charge >= 0.3 is 0 Å². The van der Waals surface area contributed by atoms with Crippen molar-refractivity contribution in [3.63, 3.8) is 0 Å². The van der Waals surface area contributed by atoms with Crippen LogP contribution in [0.2, 0.25) is 0 Å². The van der Waals surface area contributed by atoms with Crippen LogP contribution in [-0.2, 0) is 0 Å². The van der Waals surface area contributed by atoms with Crippen LogP contribution in [0.25, 0.3) is 5.69 Å². The van der Waals surface area contributed by atoms with Gasteiger partial charge in [0, 0.05) is 24.3 Å². The standard InChI is InChI=1S/C20H25N3O3/c1-12-7-13(2)23(21-12)17-5-3-14(4-6-17)20(26)22-10-15-8-18(24)19(25)9-16(15)11-22/h3-7,15-16,18-19,24-25H,8-11H2,1-2H3/t15-,16+,18+,19-. The Morgan fingerprint density at radius 1 is 1.04 bits per heavy atom. The highest BCUT2D eigenvalue weighted by Gasteiger charge is 2.42. The predicted octanol–water partition coefficient (Wildman–Crippen LogP) is 1.69. The summed E-state index contributed by atoms with van der Waals surface area (Å²) < 4.78 is 1.87. The number of hydrogen-bond acceptors (Lipinski definition) is 4. The van der Waals surface area contributed by atoms with Crippen molar-refractivity contribution in [1.29, 1.82) is 0 Å². The van der Waals surface area contributed by atoms with E-state index in [0.29, 0.717) is 31.5 Å². The number of aliphatic hydroxyl groups is 2. The minimum absolute atomic E-state index is 0.0169. The second-order valence-corrected chi connectivity index (χ2v) is 7.72. The number of carbonyl (C=O) groups is 1. The van der Waals surface area contributed by atoms with Crippen LogP contribution in [0, 0.1) is 25.7 Å². The second-order valence-electron chi connectivity index (χ2n) is 7.72. The number of aromatic nitrogens is 2. The third-order valence-corrected chi connectivity index (χ3v) is 5.76. The van der Waals surface area contributed by atoms with Gasteiger partial charge in [0.05, 0.1) is 23.6 Å². The van der Waals surface area contributed by atoms with Crippen LogP contribution in [-0.4, -0.2) is 56.1 Å². The first-order valence-corrected chi connectivity index (χ1v) is 9.21. The summed E-state index contributed by atoms with van der Waals surface area (Å²) in [7, 11) is 0. The Morgan fingerprint density at radius 2 is 1.62 bits per heavy atom. The zero-order valence-electron chi connectivity index (χ0n) is 15.2. The van der Waals surface area contributed by atoms with E-state index in [0.717, 1.165) is 17.1 Å². The lowest BCUT2D eigenvalue weighted by molar-refractivity contribution is -0.0372. The molecule has 1 aliphatic carbocycles. The molecule has 2 N–H and O–H groups in total. The summed E-state index contributed by atoms with van der Waals surface area (Å²) in [5.74, 6) is 0.584. The maximum absolute atomic E-state index is 12.9. The summed E-state index contributed by atoms with van der Waals surface area (Å²) in [5, 5.41) is 24.2. The number of hydrogen-bond donors (Lipinski definition) is 2. The Balaban J connectivity index is 1.48. The van der Waals surface area contributed by atoms with E-state index in [-0.39, 0.29) is 17.7 Å². The quantitative estimate of drug-likeness (QED) is 0.859. The molecule has 4 atom stereocenters. The van der Waals surface area contributed by atoms with E-state index in [1.807, 2.05) is 53.8 Å².